The van der Waals surface area contributed by atoms with Crippen molar-refractivity contribution >= 4 is 11.8 Å². The van der Waals surface area contributed by atoms with Crippen LogP contribution in [0.4, 0.5) is 0 Å². The molecule has 8 aliphatic carbocycles. The van der Waals surface area contributed by atoms with Crippen LogP contribution in [-0.4, -0.2) is 68.4 Å². The number of carbonyl (C=O) groups excluding carboxylic acids is 2. The van der Waals surface area contributed by atoms with Gasteiger partial charge in [0.15, 0.2) is 0 Å². The quantitative estimate of drug-likeness (QED) is 0.203. The molecule has 376 valence electrons. The van der Waals surface area contributed by atoms with Gasteiger partial charge in [-0.2, -0.15) is 0 Å². The van der Waals surface area contributed by atoms with Crippen LogP contribution in [0.2, 0.25) is 0 Å². The third kappa shape index (κ3) is 8.81. The van der Waals surface area contributed by atoms with Gasteiger partial charge in [-0.1, -0.05) is 59.6 Å². The minimum atomic E-state index is -0.215. The number of amides is 2. The number of ether oxygens (including phenoxy) is 1. The van der Waals surface area contributed by atoms with E-state index in [1.807, 2.05) is 0 Å². The highest BCUT2D eigenvalue weighted by Crippen LogP contribution is 2.70. The van der Waals surface area contributed by atoms with E-state index >= 15 is 0 Å². The van der Waals surface area contributed by atoms with Crippen LogP contribution in [0.3, 0.4) is 0 Å². The molecular weight excluding hydrogens is 835 g/mol. The van der Waals surface area contributed by atoms with E-state index in [0.29, 0.717) is 96.5 Å². The number of hydrogen-bond acceptors (Lipinski definition) is 7. The lowest BCUT2D eigenvalue weighted by atomic mass is 9.43. The number of rotatable bonds is 0. The van der Waals surface area contributed by atoms with Gasteiger partial charge >= 0.3 is 0 Å². The van der Waals surface area contributed by atoms with Crippen molar-refractivity contribution in [1.82, 2.24) is 25.6 Å². The lowest BCUT2D eigenvalue weighted by Gasteiger charge is -2.62. The van der Waals surface area contributed by atoms with Crippen molar-refractivity contribution in [3.8, 4) is 0 Å². The van der Waals surface area contributed by atoms with Crippen LogP contribution in [0.1, 0.15) is 207 Å². The molecular formula is C57H93N5O5. The highest BCUT2D eigenvalue weighted by atomic mass is 16.5. The Morgan fingerprint density at radius 3 is 1.64 bits per heavy atom. The highest BCUT2D eigenvalue weighted by molar-refractivity contribution is 5.76. The van der Waals surface area contributed by atoms with Gasteiger partial charge in [0.05, 0.1) is 37.2 Å². The van der Waals surface area contributed by atoms with Gasteiger partial charge in [-0.3, -0.25) is 9.59 Å². The maximum Gasteiger partial charge on any atom is 0.220 e. The number of nitrogens with one attached hydrogen (secondary N) is 2. The normalized spacial score (nSPS) is 50.1. The van der Waals surface area contributed by atoms with Crippen LogP contribution < -0.4 is 10.6 Å². The standard InChI is InChI=1S/C57H93N5O5/c1-35-11-21-50(65)58-27-9-7-8-10-28-59-51(66)22-12-36(2)43-18-20-45-53-47(24-26-55(43,45)4)57(6)32-41(16-14-38(57)30-49(53)64)67-34-39-33-62(61-60-39)40-15-13-37-29-48(63)52-44-19-17-42(35)54(44,3)25-23-46(52)56(37,5)31-40/h33,35-38,40-49,52-53,63-64H,7-32,34H2,1-6H3,(H,58,65)(H,59,66)/t35-,36-,37+,38+,40+,41+,42-,43-,44+,45+,46+,47+,48+,49+,52+,53+,54-,55-,56+,57+/m1/s1. The molecule has 8 fully saturated rings. The molecule has 20 atom stereocenters. The molecule has 4 N–H and O–H groups in total. The first kappa shape index (κ1) is 48.6. The van der Waals surface area contributed by atoms with Gasteiger partial charge in [0.2, 0.25) is 11.8 Å². The summed E-state index contributed by atoms with van der Waals surface area (Å²) in [5.74, 6) is 6.52. The molecule has 0 radical (unpaired) electrons. The summed E-state index contributed by atoms with van der Waals surface area (Å²) in [6.07, 6.45) is 27.3. The van der Waals surface area contributed by atoms with E-state index in [2.05, 4.69) is 63.1 Å². The predicted molar refractivity (Wildman–Crippen MR) is 262 cm³/mol. The maximum absolute atomic E-state index is 13.1. The lowest BCUT2D eigenvalue weighted by molar-refractivity contribution is -0.182. The third-order valence-corrected chi connectivity index (χ3v) is 23.5. The molecule has 16 bridgehead atoms. The van der Waals surface area contributed by atoms with Crippen LogP contribution >= 0.6 is 0 Å². The number of carbonyl (C=O) groups is 2. The van der Waals surface area contributed by atoms with Crippen molar-refractivity contribution in [2.45, 2.75) is 227 Å². The fourth-order valence-corrected chi connectivity index (χ4v) is 20.0. The first-order chi connectivity index (χ1) is 32.1. The summed E-state index contributed by atoms with van der Waals surface area (Å²) in [5, 5.41) is 40.1. The molecule has 0 spiro atoms. The summed E-state index contributed by atoms with van der Waals surface area (Å²) in [5.41, 5.74) is 1.74. The second-order valence-electron chi connectivity index (χ2n) is 26.5. The van der Waals surface area contributed by atoms with Crippen LogP contribution in [0.5, 0.6) is 0 Å². The third-order valence-electron chi connectivity index (χ3n) is 23.5. The number of nitrogens with zero attached hydrogens (tertiary/aromatic N) is 3. The molecule has 0 aromatic carbocycles. The molecule has 67 heavy (non-hydrogen) atoms. The van der Waals surface area contributed by atoms with Gasteiger partial charge in [-0.15, -0.1) is 5.10 Å². The van der Waals surface area contributed by atoms with E-state index in [9.17, 15) is 19.8 Å². The molecule has 1 aromatic heterocycles. The van der Waals surface area contributed by atoms with Gasteiger partial charge in [0, 0.05) is 25.9 Å². The van der Waals surface area contributed by atoms with Crippen LogP contribution in [0.15, 0.2) is 6.20 Å². The monoisotopic (exact) mass is 928 g/mol. The van der Waals surface area contributed by atoms with Crippen molar-refractivity contribution in [2.75, 3.05) is 13.1 Å². The van der Waals surface area contributed by atoms with E-state index in [4.69, 9.17) is 15.0 Å². The van der Waals surface area contributed by atoms with Gasteiger partial charge in [0.1, 0.15) is 5.69 Å². The molecule has 11 aliphatic rings. The van der Waals surface area contributed by atoms with Crippen molar-refractivity contribution in [3.05, 3.63) is 11.9 Å². The van der Waals surface area contributed by atoms with E-state index in [0.717, 1.165) is 109 Å². The number of hydrogen-bond donors (Lipinski definition) is 4. The first-order valence-corrected chi connectivity index (χ1v) is 28.5. The topological polar surface area (TPSA) is 139 Å². The van der Waals surface area contributed by atoms with Gasteiger partial charge in [0.25, 0.3) is 0 Å². The molecule has 10 nitrogen and oxygen atoms in total. The Labute approximate surface area is 404 Å². The molecule has 10 heteroatoms. The molecule has 1 aromatic rings. The zero-order valence-corrected chi connectivity index (χ0v) is 42.9. The van der Waals surface area contributed by atoms with Crippen LogP contribution in [-0.2, 0) is 20.9 Å². The van der Waals surface area contributed by atoms with Gasteiger partial charge < -0.3 is 25.6 Å². The molecule has 2 amide bonds. The van der Waals surface area contributed by atoms with Crippen LogP contribution in [0, 0.1) is 92.7 Å². The smallest absolute Gasteiger partial charge is 0.220 e. The molecule has 4 heterocycles. The van der Waals surface area contributed by atoms with E-state index in [1.165, 1.54) is 51.4 Å². The van der Waals surface area contributed by atoms with Crippen molar-refractivity contribution in [2.24, 2.45) is 92.7 Å². The van der Waals surface area contributed by atoms with Gasteiger partial charge in [-0.25, -0.2) is 4.68 Å². The highest BCUT2D eigenvalue weighted by Gasteiger charge is 2.65. The van der Waals surface area contributed by atoms with Crippen molar-refractivity contribution < 1.29 is 24.5 Å². The Balaban J connectivity index is 0.838. The molecule has 0 saturated heterocycles. The Bertz CT molecular complexity index is 1910. The molecule has 0 unspecified atom stereocenters. The zero-order valence-electron chi connectivity index (χ0n) is 42.9. The molecule has 8 saturated carbocycles. The lowest BCUT2D eigenvalue weighted by Crippen LogP contribution is -2.59. The van der Waals surface area contributed by atoms with Crippen LogP contribution in [0.25, 0.3) is 0 Å². The Hall–Kier alpha value is -2.04. The first-order valence-electron chi connectivity index (χ1n) is 28.5. The fourth-order valence-electron chi connectivity index (χ4n) is 20.0. The number of aliphatic hydroxyl groups excluding tert-OH is 2. The predicted octanol–water partition coefficient (Wildman–Crippen LogP) is 10.6. The van der Waals surface area contributed by atoms with E-state index in [-0.39, 0.29) is 51.8 Å². The summed E-state index contributed by atoms with van der Waals surface area (Å²) in [6, 6.07) is 0.324. The minimum Gasteiger partial charge on any atom is -0.393 e. The largest absolute Gasteiger partial charge is 0.393 e. The summed E-state index contributed by atoms with van der Waals surface area (Å²) in [6.45, 7) is 17.1. The summed E-state index contributed by atoms with van der Waals surface area (Å²) < 4.78 is 9.06. The number of aromatic nitrogens is 3. The van der Waals surface area contributed by atoms with Crippen molar-refractivity contribution in [3.63, 3.8) is 0 Å². The SMILES string of the molecule is C[C@@H]1CCC(=O)NCCCCCCNC(=O)CC[C@@H](C)[C@H]2CC[C@H]3[C@@H]4[C@@H](O)C[C@@H]5CC[C@@H](C[C@]5(C)[C@H]4CC[C@]23C)n2cc(nn2)CO[C@H]2CC[C@H]3C[C@H](O)[C@@H]4[C@H](CC[C@]5(C)[C@@H]1CC[C@@H]45)[C@@]3(C)C2. The zero-order chi connectivity index (χ0) is 46.9. The Morgan fingerprint density at radius 2 is 1.09 bits per heavy atom. The molecule has 3 aliphatic heterocycles. The fraction of sp³-hybridized carbons (Fsp3) is 0.930. The maximum atomic E-state index is 13.1. The minimum absolute atomic E-state index is 0.173. The summed E-state index contributed by atoms with van der Waals surface area (Å²) in [7, 11) is 0. The second kappa shape index (κ2) is 19.2. The van der Waals surface area contributed by atoms with E-state index in [1.54, 1.807) is 0 Å². The van der Waals surface area contributed by atoms with E-state index < -0.39 is 0 Å². The average molecular weight is 928 g/mol. The Kier molecular flexibility index (Phi) is 13.9. The summed E-state index contributed by atoms with van der Waals surface area (Å²) >= 11 is 0. The summed E-state index contributed by atoms with van der Waals surface area (Å²) in [4.78, 5) is 26.2. The second-order valence-corrected chi connectivity index (χ2v) is 26.5. The van der Waals surface area contributed by atoms with Gasteiger partial charge in [-0.05, 0) is 221 Å². The number of aliphatic hydroxyl groups is 2. The average Bonchev–Trinajstić information content (AvgIpc) is 4.02. The molecule has 12 rings (SSSR count). The Morgan fingerprint density at radius 1 is 0.597 bits per heavy atom. The van der Waals surface area contributed by atoms with Crippen molar-refractivity contribution in [1.29, 1.82) is 0 Å².